The second-order valence-electron chi connectivity index (χ2n) is 0.900. The highest BCUT2D eigenvalue weighted by atomic mass is 31.1. The van der Waals surface area contributed by atoms with Crippen LogP contribution >= 0.6 is 8.81 Å². The molecule has 0 saturated carbocycles. The monoisotopic (exact) mass is 104 g/mol. The minimum Gasteiger partial charge on any atom is -0.343 e. The van der Waals surface area contributed by atoms with Crippen molar-refractivity contribution in [3.05, 3.63) is 12.3 Å². The largest absolute Gasteiger partial charge is 0.343 e. The fourth-order valence-electron chi connectivity index (χ4n) is 0.231. The molecule has 0 aromatic carbocycles. The lowest BCUT2D eigenvalue weighted by Crippen LogP contribution is -1.81. The first-order valence-corrected chi connectivity index (χ1v) is 2.82. The predicted molar refractivity (Wildman–Crippen MR) is 24.5 cm³/mol. The third kappa shape index (κ3) is 0.959. The van der Waals surface area contributed by atoms with Crippen molar-refractivity contribution in [2.24, 2.45) is 0 Å². The minimum atomic E-state index is 0.493. The van der Waals surface area contributed by atoms with Crippen LogP contribution in [0.5, 0.6) is 0 Å². The van der Waals surface area contributed by atoms with Gasteiger partial charge in [-0.1, -0.05) is 0 Å². The molecule has 1 heterocycles. The van der Waals surface area contributed by atoms with Gasteiger partial charge in [0, 0.05) is 6.16 Å². The van der Waals surface area contributed by atoms with Crippen molar-refractivity contribution in [1.82, 2.24) is 0 Å². The van der Waals surface area contributed by atoms with Crippen LogP contribution in [0.2, 0.25) is 0 Å². The second-order valence-corrected chi connectivity index (χ2v) is 1.76. The van der Waals surface area contributed by atoms with Crippen molar-refractivity contribution < 1.29 is 9.56 Å². The van der Waals surface area contributed by atoms with Gasteiger partial charge < -0.3 is 4.89 Å². The third-order valence-corrected chi connectivity index (χ3v) is 1.08. The van der Waals surface area contributed by atoms with Gasteiger partial charge in [-0.15, -0.1) is 0 Å². The van der Waals surface area contributed by atoms with Crippen LogP contribution in [-0.2, 0) is 9.56 Å². The Morgan fingerprint density at radius 1 is 1.67 bits per heavy atom. The summed E-state index contributed by atoms with van der Waals surface area (Å²) in [7, 11) is 0.493. The second kappa shape index (κ2) is 2.17. The Balaban J connectivity index is 2.26. The maximum absolute atomic E-state index is 4.51. The normalized spacial score (nSPS) is 24.0. The minimum absolute atomic E-state index is 0.493. The molecule has 0 amide bonds. The summed E-state index contributed by atoms with van der Waals surface area (Å²) < 4.78 is 4.51. The van der Waals surface area contributed by atoms with Crippen molar-refractivity contribution in [2.75, 3.05) is 6.16 Å². The lowest BCUT2D eigenvalue weighted by atomic mass is 10.7. The van der Waals surface area contributed by atoms with E-state index < -0.39 is 0 Å². The molecule has 1 rings (SSSR count). The average Bonchev–Trinajstić information content (AvgIpc) is 1.72. The molecule has 0 saturated heterocycles. The summed E-state index contributed by atoms with van der Waals surface area (Å²) in [5, 5.41) is 0. The molecule has 0 fully saturated rings. The molecular weight excluding hydrogens is 99.0 g/mol. The van der Waals surface area contributed by atoms with Gasteiger partial charge in [-0.3, -0.25) is 0 Å². The molecule has 2 nitrogen and oxygen atoms in total. The summed E-state index contributed by atoms with van der Waals surface area (Å²) >= 11 is 0. The fraction of sp³-hybridized carbons (Fsp3) is 0.333. The zero-order valence-electron chi connectivity index (χ0n) is 3.18. The lowest BCUT2D eigenvalue weighted by Gasteiger charge is -2.00. The molecule has 0 bridgehead atoms. The van der Waals surface area contributed by atoms with Crippen molar-refractivity contribution >= 4 is 8.81 Å². The SMILES string of the molecule is C1=COOPC1. The van der Waals surface area contributed by atoms with Crippen LogP contribution < -0.4 is 0 Å². The van der Waals surface area contributed by atoms with Gasteiger partial charge in [-0.05, 0) is 6.08 Å². The summed E-state index contributed by atoms with van der Waals surface area (Å²) in [5.74, 6) is 0. The van der Waals surface area contributed by atoms with E-state index in [0.717, 1.165) is 6.16 Å². The Morgan fingerprint density at radius 3 is 2.83 bits per heavy atom. The van der Waals surface area contributed by atoms with E-state index in [1.807, 2.05) is 6.08 Å². The lowest BCUT2D eigenvalue weighted by molar-refractivity contribution is -0.138. The Kier molecular flexibility index (Phi) is 1.48. The predicted octanol–water partition coefficient (Wildman–Crippen LogP) is 1.06. The van der Waals surface area contributed by atoms with Crippen LogP contribution in [-0.4, -0.2) is 6.16 Å². The van der Waals surface area contributed by atoms with E-state index in [1.165, 1.54) is 0 Å². The van der Waals surface area contributed by atoms with Crippen molar-refractivity contribution in [3.63, 3.8) is 0 Å². The molecular formula is C3H5O2P. The van der Waals surface area contributed by atoms with Gasteiger partial charge >= 0.3 is 0 Å². The first kappa shape index (κ1) is 4.10. The number of hydrogen-bond acceptors (Lipinski definition) is 2. The van der Waals surface area contributed by atoms with Crippen molar-refractivity contribution in [3.8, 4) is 0 Å². The topological polar surface area (TPSA) is 18.5 Å². The van der Waals surface area contributed by atoms with E-state index >= 15 is 0 Å². The molecule has 34 valence electrons. The van der Waals surface area contributed by atoms with Crippen molar-refractivity contribution in [1.29, 1.82) is 0 Å². The first-order valence-electron chi connectivity index (χ1n) is 1.70. The average molecular weight is 104 g/mol. The van der Waals surface area contributed by atoms with Gasteiger partial charge in [0.15, 0.2) is 0 Å². The maximum atomic E-state index is 4.51. The molecule has 1 aliphatic rings. The van der Waals surface area contributed by atoms with E-state index in [0.29, 0.717) is 8.81 Å². The molecule has 0 N–H and O–H groups in total. The summed E-state index contributed by atoms with van der Waals surface area (Å²) in [6, 6.07) is 0. The van der Waals surface area contributed by atoms with E-state index in [2.05, 4.69) is 9.56 Å². The highest BCUT2D eigenvalue weighted by Crippen LogP contribution is 2.15. The molecule has 0 radical (unpaired) electrons. The number of allylic oxidation sites excluding steroid dienone is 1. The van der Waals surface area contributed by atoms with E-state index in [-0.39, 0.29) is 0 Å². The van der Waals surface area contributed by atoms with Crippen molar-refractivity contribution in [2.45, 2.75) is 0 Å². The molecule has 3 heteroatoms. The smallest absolute Gasteiger partial charge is 0.126 e. The Morgan fingerprint density at radius 2 is 2.67 bits per heavy atom. The molecule has 1 unspecified atom stereocenters. The highest BCUT2D eigenvalue weighted by molar-refractivity contribution is 7.32. The van der Waals surface area contributed by atoms with Gasteiger partial charge in [-0.2, -0.15) is 4.67 Å². The Bertz CT molecular complexity index is 53.8. The van der Waals surface area contributed by atoms with E-state index in [1.54, 1.807) is 6.26 Å². The zero-order valence-corrected chi connectivity index (χ0v) is 4.18. The van der Waals surface area contributed by atoms with E-state index in [4.69, 9.17) is 0 Å². The Hall–Kier alpha value is -0.0700. The van der Waals surface area contributed by atoms with Crippen LogP contribution in [0.1, 0.15) is 0 Å². The summed E-state index contributed by atoms with van der Waals surface area (Å²) in [6.07, 6.45) is 4.48. The van der Waals surface area contributed by atoms with Gasteiger partial charge in [0.2, 0.25) is 0 Å². The van der Waals surface area contributed by atoms with Crippen LogP contribution in [0.4, 0.5) is 0 Å². The van der Waals surface area contributed by atoms with Gasteiger partial charge in [0.1, 0.15) is 6.26 Å². The quantitative estimate of drug-likeness (QED) is 0.338. The molecule has 0 spiro atoms. The van der Waals surface area contributed by atoms with Gasteiger partial charge in [-0.25, -0.2) is 0 Å². The highest BCUT2D eigenvalue weighted by Gasteiger charge is 1.87. The first-order chi connectivity index (χ1) is 3.00. The molecule has 6 heavy (non-hydrogen) atoms. The standard InChI is InChI=1S/C3H5O2P/c1-2-4-5-6-3-1/h1-2,6H,3H2. The van der Waals surface area contributed by atoms with Crippen LogP contribution in [0, 0.1) is 0 Å². The van der Waals surface area contributed by atoms with Crippen LogP contribution in [0.3, 0.4) is 0 Å². The third-order valence-electron chi connectivity index (χ3n) is 0.460. The van der Waals surface area contributed by atoms with Crippen LogP contribution in [0.15, 0.2) is 12.3 Å². The molecule has 1 aliphatic heterocycles. The number of rotatable bonds is 0. The van der Waals surface area contributed by atoms with Gasteiger partial charge in [0.25, 0.3) is 0 Å². The molecule has 0 aromatic heterocycles. The summed E-state index contributed by atoms with van der Waals surface area (Å²) in [6.45, 7) is 0. The summed E-state index contributed by atoms with van der Waals surface area (Å²) in [4.78, 5) is 4.40. The molecule has 0 aliphatic carbocycles. The summed E-state index contributed by atoms with van der Waals surface area (Å²) in [5.41, 5.74) is 0. The molecule has 1 atom stereocenters. The number of hydrogen-bond donors (Lipinski definition) is 0. The fourth-order valence-corrected chi connectivity index (χ4v) is 0.615. The van der Waals surface area contributed by atoms with Crippen LogP contribution in [0.25, 0.3) is 0 Å². The van der Waals surface area contributed by atoms with Gasteiger partial charge in [0.05, 0.1) is 8.81 Å². The molecule has 0 aromatic rings. The zero-order chi connectivity index (χ0) is 4.24. The van der Waals surface area contributed by atoms with E-state index in [9.17, 15) is 0 Å². The maximum Gasteiger partial charge on any atom is 0.126 e. The Labute approximate surface area is 37.9 Å².